The summed E-state index contributed by atoms with van der Waals surface area (Å²) >= 11 is 0. The van der Waals surface area contributed by atoms with Crippen molar-refractivity contribution < 1.29 is 23.5 Å². The minimum atomic E-state index is -0.544. The molecule has 1 aliphatic heterocycles. The predicted molar refractivity (Wildman–Crippen MR) is 76.9 cm³/mol. The molecule has 1 aromatic carbocycles. The Hall–Kier alpha value is -2.15. The van der Waals surface area contributed by atoms with Gasteiger partial charge in [0.2, 0.25) is 5.91 Å². The van der Waals surface area contributed by atoms with Crippen LogP contribution >= 0.6 is 0 Å². The Morgan fingerprint density at radius 3 is 2.82 bits per heavy atom. The number of carbonyl (C=O) groups is 2. The van der Waals surface area contributed by atoms with Crippen LogP contribution in [-0.2, 0) is 14.3 Å². The summed E-state index contributed by atoms with van der Waals surface area (Å²) < 4.78 is 22.9. The summed E-state index contributed by atoms with van der Waals surface area (Å²) in [6, 6.07) is 5.19. The van der Waals surface area contributed by atoms with Crippen molar-refractivity contribution in [1.82, 2.24) is 10.2 Å². The Kier molecular flexibility index (Phi) is 5.71. The van der Waals surface area contributed by atoms with Crippen LogP contribution in [0, 0.1) is 5.82 Å². The molecule has 1 saturated heterocycles. The molecule has 0 radical (unpaired) electrons. The molecule has 1 N–H and O–H groups in total. The smallest absolute Gasteiger partial charge is 0.307 e. The van der Waals surface area contributed by atoms with Crippen molar-refractivity contribution in [2.24, 2.45) is 0 Å². The van der Waals surface area contributed by atoms with Gasteiger partial charge in [0, 0.05) is 19.6 Å². The molecule has 2 rings (SSSR count). The van der Waals surface area contributed by atoms with Crippen molar-refractivity contribution >= 4 is 11.9 Å². The number of halogens is 1. The molecule has 1 aromatic rings. The molecule has 0 aliphatic carbocycles. The van der Waals surface area contributed by atoms with E-state index in [-0.39, 0.29) is 18.1 Å². The van der Waals surface area contributed by atoms with Crippen molar-refractivity contribution in [3.05, 3.63) is 30.1 Å². The van der Waals surface area contributed by atoms with Crippen molar-refractivity contribution in [2.75, 3.05) is 33.4 Å². The zero-order valence-electron chi connectivity index (χ0n) is 12.4. The van der Waals surface area contributed by atoms with Crippen LogP contribution in [0.2, 0.25) is 0 Å². The Morgan fingerprint density at radius 2 is 2.14 bits per heavy atom. The van der Waals surface area contributed by atoms with Crippen molar-refractivity contribution in [3.8, 4) is 5.75 Å². The lowest BCUT2D eigenvalue weighted by Gasteiger charge is -2.34. The van der Waals surface area contributed by atoms with Gasteiger partial charge in [-0.1, -0.05) is 0 Å². The number of hydrogen-bond acceptors (Lipinski definition) is 5. The van der Waals surface area contributed by atoms with E-state index in [1.54, 1.807) is 12.1 Å². The Bertz CT molecular complexity index is 521. The lowest BCUT2D eigenvalue weighted by atomic mass is 10.1. The summed E-state index contributed by atoms with van der Waals surface area (Å²) in [5.41, 5.74) is 0. The fourth-order valence-electron chi connectivity index (χ4n) is 2.30. The number of methoxy groups -OCH3 is 1. The molecule has 1 fully saturated rings. The third-order valence-corrected chi connectivity index (χ3v) is 3.49. The Labute approximate surface area is 128 Å². The highest BCUT2D eigenvalue weighted by atomic mass is 19.1. The highest BCUT2D eigenvalue weighted by Gasteiger charge is 2.31. The second-order valence-corrected chi connectivity index (χ2v) is 4.93. The number of nitrogens with one attached hydrogen (secondary N) is 1. The van der Waals surface area contributed by atoms with E-state index in [0.29, 0.717) is 32.0 Å². The third-order valence-electron chi connectivity index (χ3n) is 3.49. The van der Waals surface area contributed by atoms with Gasteiger partial charge in [-0.15, -0.1) is 0 Å². The van der Waals surface area contributed by atoms with E-state index in [1.165, 1.54) is 19.2 Å². The van der Waals surface area contributed by atoms with E-state index in [2.05, 4.69) is 10.1 Å². The molecular weight excluding hydrogens is 291 g/mol. The van der Waals surface area contributed by atoms with Gasteiger partial charge in [0.25, 0.3) is 0 Å². The summed E-state index contributed by atoms with van der Waals surface area (Å²) in [5.74, 6) is -0.365. The first kappa shape index (κ1) is 16.2. The van der Waals surface area contributed by atoms with E-state index < -0.39 is 12.0 Å². The van der Waals surface area contributed by atoms with Crippen LogP contribution in [0.4, 0.5) is 4.39 Å². The summed E-state index contributed by atoms with van der Waals surface area (Å²) in [6.07, 6.45) is 0.0128. The SMILES string of the molecule is COC(=O)C[C@@H]1C(=O)NCCN1CCOc1ccc(F)cc1. The highest BCUT2D eigenvalue weighted by molar-refractivity contribution is 5.87. The van der Waals surface area contributed by atoms with Gasteiger partial charge in [-0.25, -0.2) is 4.39 Å². The van der Waals surface area contributed by atoms with E-state index >= 15 is 0 Å². The zero-order chi connectivity index (χ0) is 15.9. The Morgan fingerprint density at radius 1 is 1.41 bits per heavy atom. The van der Waals surface area contributed by atoms with E-state index in [1.807, 2.05) is 4.90 Å². The molecule has 1 heterocycles. The molecule has 0 spiro atoms. The predicted octanol–water partition coefficient (Wildman–Crippen LogP) is 0.568. The molecule has 7 heteroatoms. The van der Waals surface area contributed by atoms with Crippen LogP contribution in [0.5, 0.6) is 5.75 Å². The molecular formula is C15H19FN2O4. The normalized spacial score (nSPS) is 18.6. The average molecular weight is 310 g/mol. The number of hydrogen-bond donors (Lipinski definition) is 1. The van der Waals surface area contributed by atoms with Crippen LogP contribution in [0.15, 0.2) is 24.3 Å². The minimum Gasteiger partial charge on any atom is -0.492 e. The van der Waals surface area contributed by atoms with Crippen LogP contribution in [0.1, 0.15) is 6.42 Å². The minimum absolute atomic E-state index is 0.0128. The Balaban J connectivity index is 1.87. The molecule has 1 atom stereocenters. The third kappa shape index (κ3) is 4.42. The average Bonchev–Trinajstić information content (AvgIpc) is 2.52. The fourth-order valence-corrected chi connectivity index (χ4v) is 2.30. The number of benzene rings is 1. The molecule has 1 amide bonds. The largest absolute Gasteiger partial charge is 0.492 e. The summed E-state index contributed by atoms with van der Waals surface area (Å²) in [6.45, 7) is 2.01. The standard InChI is InChI=1S/C15H19FN2O4/c1-21-14(19)10-13-15(20)17-6-7-18(13)8-9-22-12-4-2-11(16)3-5-12/h2-5,13H,6-10H2,1H3,(H,17,20)/t13-/m1/s1. The molecule has 22 heavy (non-hydrogen) atoms. The van der Waals surface area contributed by atoms with Gasteiger partial charge >= 0.3 is 5.97 Å². The monoisotopic (exact) mass is 310 g/mol. The molecule has 0 saturated carbocycles. The quantitative estimate of drug-likeness (QED) is 0.778. The van der Waals surface area contributed by atoms with Gasteiger partial charge in [0.1, 0.15) is 18.2 Å². The second kappa shape index (κ2) is 7.74. The van der Waals surface area contributed by atoms with Gasteiger partial charge in [0.05, 0.1) is 19.6 Å². The van der Waals surface area contributed by atoms with Crippen molar-refractivity contribution in [1.29, 1.82) is 0 Å². The van der Waals surface area contributed by atoms with Crippen LogP contribution in [0.25, 0.3) is 0 Å². The van der Waals surface area contributed by atoms with Gasteiger partial charge in [-0.05, 0) is 24.3 Å². The maximum absolute atomic E-state index is 12.8. The van der Waals surface area contributed by atoms with Crippen LogP contribution < -0.4 is 10.1 Å². The number of rotatable bonds is 6. The van der Waals surface area contributed by atoms with E-state index in [4.69, 9.17) is 4.74 Å². The van der Waals surface area contributed by atoms with Crippen LogP contribution in [-0.4, -0.2) is 56.2 Å². The van der Waals surface area contributed by atoms with Gasteiger partial charge in [0.15, 0.2) is 0 Å². The molecule has 120 valence electrons. The highest BCUT2D eigenvalue weighted by Crippen LogP contribution is 2.13. The zero-order valence-corrected chi connectivity index (χ0v) is 12.4. The number of ether oxygens (including phenoxy) is 2. The lowest BCUT2D eigenvalue weighted by molar-refractivity contribution is -0.146. The van der Waals surface area contributed by atoms with Crippen molar-refractivity contribution in [2.45, 2.75) is 12.5 Å². The number of piperazine rings is 1. The second-order valence-electron chi connectivity index (χ2n) is 4.93. The summed E-state index contributed by atoms with van der Waals surface area (Å²) in [4.78, 5) is 25.2. The van der Waals surface area contributed by atoms with E-state index in [9.17, 15) is 14.0 Å². The number of esters is 1. The molecule has 1 aliphatic rings. The van der Waals surface area contributed by atoms with Crippen molar-refractivity contribution in [3.63, 3.8) is 0 Å². The van der Waals surface area contributed by atoms with Gasteiger partial charge < -0.3 is 14.8 Å². The number of nitrogens with zero attached hydrogens (tertiary/aromatic N) is 1. The number of carbonyl (C=O) groups excluding carboxylic acids is 2. The fraction of sp³-hybridized carbons (Fsp3) is 0.467. The molecule has 0 aromatic heterocycles. The van der Waals surface area contributed by atoms with E-state index in [0.717, 1.165) is 0 Å². The first-order valence-corrected chi connectivity index (χ1v) is 7.07. The maximum atomic E-state index is 12.8. The van der Waals surface area contributed by atoms with Gasteiger partial charge in [-0.3, -0.25) is 14.5 Å². The molecule has 0 unspecified atom stereocenters. The first-order valence-electron chi connectivity index (χ1n) is 7.07. The first-order chi connectivity index (χ1) is 10.6. The molecule has 0 bridgehead atoms. The summed E-state index contributed by atoms with van der Waals surface area (Å²) in [5, 5.41) is 2.74. The lowest BCUT2D eigenvalue weighted by Crippen LogP contribution is -2.56. The van der Waals surface area contributed by atoms with Gasteiger partial charge in [-0.2, -0.15) is 0 Å². The summed E-state index contributed by atoms with van der Waals surface area (Å²) in [7, 11) is 1.30. The maximum Gasteiger partial charge on any atom is 0.307 e. The topological polar surface area (TPSA) is 67.9 Å². The molecule has 6 nitrogen and oxygen atoms in total. The van der Waals surface area contributed by atoms with Crippen LogP contribution in [0.3, 0.4) is 0 Å². The number of amides is 1.